The molecule has 4 atom stereocenters. The van der Waals surface area contributed by atoms with Crippen molar-refractivity contribution in [1.29, 1.82) is 0 Å². The molecule has 0 spiro atoms. The Morgan fingerprint density at radius 2 is 1.61 bits per heavy atom. The highest BCUT2D eigenvalue weighted by Gasteiger charge is 2.29. The molecule has 0 aliphatic heterocycles. The van der Waals surface area contributed by atoms with Gasteiger partial charge in [-0.3, -0.25) is 19.2 Å². The average molecular weight is 460 g/mol. The zero-order chi connectivity index (χ0) is 24.7. The lowest BCUT2D eigenvalue weighted by Gasteiger charge is -2.23. The molecule has 0 saturated carbocycles. The fourth-order valence-corrected chi connectivity index (χ4v) is 3.11. The number of hydrogen-bond acceptors (Lipinski definition) is 6. The predicted octanol–water partition coefficient (Wildman–Crippen LogP) is -1.51. The number of aliphatic carboxylic acids is 1. The summed E-state index contributed by atoms with van der Waals surface area (Å²) in [4.78, 5) is 62.8. The maximum Gasteiger partial charge on any atom is 0.326 e. The average Bonchev–Trinajstić information content (AvgIpc) is 3.14. The summed E-state index contributed by atoms with van der Waals surface area (Å²) in [6.07, 6.45) is 1.23. The number of aromatic amines is 1. The number of carboxylic acid groups (broad SMARTS) is 1. The van der Waals surface area contributed by atoms with Gasteiger partial charge in [-0.15, -0.1) is 0 Å². The normalized spacial score (nSPS) is 14.5. The van der Waals surface area contributed by atoms with Crippen LogP contribution in [0.3, 0.4) is 0 Å². The third-order valence-electron chi connectivity index (χ3n) is 4.92. The second kappa shape index (κ2) is 11.1. The van der Waals surface area contributed by atoms with Crippen molar-refractivity contribution in [2.45, 2.75) is 50.9 Å². The van der Waals surface area contributed by atoms with Crippen molar-refractivity contribution < 1.29 is 29.1 Å². The van der Waals surface area contributed by atoms with E-state index in [0.29, 0.717) is 0 Å². The van der Waals surface area contributed by atoms with Gasteiger partial charge in [0.05, 0.1) is 12.5 Å². The number of carboxylic acids is 1. The van der Waals surface area contributed by atoms with Gasteiger partial charge in [-0.1, -0.05) is 18.2 Å². The van der Waals surface area contributed by atoms with Crippen molar-refractivity contribution in [3.8, 4) is 0 Å². The van der Waals surface area contributed by atoms with Gasteiger partial charge in [-0.25, -0.2) is 4.79 Å². The fraction of sp³-hybridized carbons (Fsp3) is 0.381. The van der Waals surface area contributed by atoms with Crippen molar-refractivity contribution in [2.75, 3.05) is 0 Å². The number of hydrogen-bond donors (Lipinski definition) is 7. The third-order valence-corrected chi connectivity index (χ3v) is 4.92. The summed E-state index contributed by atoms with van der Waals surface area (Å²) in [5.74, 6) is -4.40. The quantitative estimate of drug-likeness (QED) is 0.210. The van der Waals surface area contributed by atoms with Gasteiger partial charge in [0.25, 0.3) is 0 Å². The number of fused-ring (bicyclic) bond motifs is 1. The molecule has 2 aromatic rings. The van der Waals surface area contributed by atoms with E-state index in [-0.39, 0.29) is 6.42 Å². The maximum atomic E-state index is 12.9. The molecule has 4 unspecified atom stereocenters. The molecule has 1 aromatic carbocycles. The molecule has 178 valence electrons. The number of para-hydroxylation sites is 1. The summed E-state index contributed by atoms with van der Waals surface area (Å²) in [5.41, 5.74) is 12.2. The highest BCUT2D eigenvalue weighted by Crippen LogP contribution is 2.19. The lowest BCUT2D eigenvalue weighted by Crippen LogP contribution is -2.56. The molecule has 0 aliphatic carbocycles. The lowest BCUT2D eigenvalue weighted by molar-refractivity contribution is -0.143. The van der Waals surface area contributed by atoms with E-state index >= 15 is 0 Å². The Hall–Kier alpha value is -3.93. The lowest BCUT2D eigenvalue weighted by atomic mass is 10.0. The molecule has 12 nitrogen and oxygen atoms in total. The molecule has 0 radical (unpaired) electrons. The first-order chi connectivity index (χ1) is 15.5. The third kappa shape index (κ3) is 7.04. The molecule has 1 heterocycles. The number of carbonyl (C=O) groups excluding carboxylic acids is 4. The Bertz CT molecular complexity index is 1050. The monoisotopic (exact) mass is 460 g/mol. The van der Waals surface area contributed by atoms with Crippen LogP contribution in [0.2, 0.25) is 0 Å². The van der Waals surface area contributed by atoms with Crippen LogP contribution in [0.4, 0.5) is 0 Å². The molecule has 0 saturated heterocycles. The second-order valence-corrected chi connectivity index (χ2v) is 7.71. The zero-order valence-corrected chi connectivity index (χ0v) is 18.3. The van der Waals surface area contributed by atoms with Crippen LogP contribution in [-0.4, -0.2) is 63.9 Å². The maximum absolute atomic E-state index is 12.9. The summed E-state index contributed by atoms with van der Waals surface area (Å²) in [7, 11) is 0. The molecule has 33 heavy (non-hydrogen) atoms. The molecule has 0 aliphatic rings. The van der Waals surface area contributed by atoms with Gasteiger partial charge in [0.2, 0.25) is 23.6 Å². The van der Waals surface area contributed by atoms with Crippen LogP contribution >= 0.6 is 0 Å². The molecular formula is C21H28N6O6. The Kier molecular flexibility index (Phi) is 8.51. The number of rotatable bonds is 11. The van der Waals surface area contributed by atoms with Crippen LogP contribution in [0.25, 0.3) is 10.9 Å². The van der Waals surface area contributed by atoms with Crippen molar-refractivity contribution in [3.63, 3.8) is 0 Å². The number of primary amides is 1. The van der Waals surface area contributed by atoms with E-state index in [0.717, 1.165) is 16.5 Å². The van der Waals surface area contributed by atoms with E-state index in [2.05, 4.69) is 20.9 Å². The van der Waals surface area contributed by atoms with E-state index in [1.54, 1.807) is 6.20 Å². The van der Waals surface area contributed by atoms with Crippen molar-refractivity contribution in [1.82, 2.24) is 20.9 Å². The van der Waals surface area contributed by atoms with Gasteiger partial charge in [0.1, 0.15) is 18.1 Å². The van der Waals surface area contributed by atoms with Crippen LogP contribution in [0.1, 0.15) is 25.8 Å². The van der Waals surface area contributed by atoms with Crippen LogP contribution in [0.5, 0.6) is 0 Å². The number of H-pyrrole nitrogens is 1. The number of carbonyl (C=O) groups is 5. The number of nitrogens with two attached hydrogens (primary N) is 2. The molecule has 0 bridgehead atoms. The minimum absolute atomic E-state index is 0.113. The Morgan fingerprint density at radius 1 is 0.970 bits per heavy atom. The molecule has 4 amide bonds. The Balaban J connectivity index is 2.14. The van der Waals surface area contributed by atoms with E-state index < -0.39 is 60.2 Å². The highest BCUT2D eigenvalue weighted by atomic mass is 16.4. The van der Waals surface area contributed by atoms with Gasteiger partial charge >= 0.3 is 5.97 Å². The molecule has 9 N–H and O–H groups in total. The van der Waals surface area contributed by atoms with E-state index in [9.17, 15) is 24.0 Å². The number of nitrogens with one attached hydrogen (secondary N) is 4. The van der Waals surface area contributed by atoms with Gasteiger partial charge in [-0.2, -0.15) is 0 Å². The first-order valence-corrected chi connectivity index (χ1v) is 10.2. The molecule has 2 rings (SSSR count). The topological polar surface area (TPSA) is 209 Å². The largest absolute Gasteiger partial charge is 0.480 e. The minimum Gasteiger partial charge on any atom is -0.480 e. The second-order valence-electron chi connectivity index (χ2n) is 7.71. The summed E-state index contributed by atoms with van der Waals surface area (Å²) < 4.78 is 0. The van der Waals surface area contributed by atoms with Crippen molar-refractivity contribution >= 4 is 40.5 Å². The molecular weight excluding hydrogens is 432 g/mol. The SMILES string of the molecule is CC(N)C(=O)NC(Cc1c[nH]c2ccccc12)C(=O)NC(C)C(=O)NC(CC(N)=O)C(=O)O. The van der Waals surface area contributed by atoms with Crippen LogP contribution in [-0.2, 0) is 30.4 Å². The van der Waals surface area contributed by atoms with Gasteiger partial charge < -0.3 is 37.5 Å². The fourth-order valence-electron chi connectivity index (χ4n) is 3.11. The molecule has 12 heteroatoms. The number of aromatic nitrogens is 1. The van der Waals surface area contributed by atoms with Crippen LogP contribution < -0.4 is 27.4 Å². The van der Waals surface area contributed by atoms with Gasteiger partial charge in [0, 0.05) is 23.5 Å². The Morgan fingerprint density at radius 3 is 2.21 bits per heavy atom. The summed E-state index contributed by atoms with van der Waals surface area (Å²) in [6, 6.07) is 2.81. The first-order valence-electron chi connectivity index (χ1n) is 10.2. The summed E-state index contributed by atoms with van der Waals surface area (Å²) >= 11 is 0. The van der Waals surface area contributed by atoms with Gasteiger partial charge in [0.15, 0.2) is 0 Å². The summed E-state index contributed by atoms with van der Waals surface area (Å²) in [5, 5.41) is 17.2. The van der Waals surface area contributed by atoms with Crippen molar-refractivity contribution in [3.05, 3.63) is 36.0 Å². The van der Waals surface area contributed by atoms with Crippen molar-refractivity contribution in [2.24, 2.45) is 11.5 Å². The van der Waals surface area contributed by atoms with Crippen LogP contribution in [0.15, 0.2) is 30.5 Å². The molecule has 0 fully saturated rings. The Labute approximate surface area is 189 Å². The minimum atomic E-state index is -1.53. The van der Waals surface area contributed by atoms with E-state index in [1.807, 2.05) is 24.3 Å². The first kappa shape index (κ1) is 25.3. The standard InChI is InChI=1S/C21H28N6O6/c1-10(22)18(29)26-15(7-12-9-24-14-6-4-3-5-13(12)14)20(31)25-11(2)19(30)27-16(21(32)33)8-17(23)28/h3-6,9-11,15-16,24H,7-8,22H2,1-2H3,(H2,23,28)(H,25,31)(H,26,29)(H,27,30)(H,32,33). The summed E-state index contributed by atoms with van der Waals surface area (Å²) in [6.45, 7) is 2.81. The smallest absolute Gasteiger partial charge is 0.326 e. The zero-order valence-electron chi connectivity index (χ0n) is 18.3. The van der Waals surface area contributed by atoms with Crippen LogP contribution in [0, 0.1) is 0 Å². The highest BCUT2D eigenvalue weighted by molar-refractivity contribution is 5.95. The van der Waals surface area contributed by atoms with E-state index in [1.165, 1.54) is 13.8 Å². The van der Waals surface area contributed by atoms with E-state index in [4.69, 9.17) is 16.6 Å². The molecule has 1 aromatic heterocycles. The number of amides is 4. The predicted molar refractivity (Wildman–Crippen MR) is 119 cm³/mol. The number of benzene rings is 1. The van der Waals surface area contributed by atoms with Gasteiger partial charge in [-0.05, 0) is 25.5 Å².